The van der Waals surface area contributed by atoms with Gasteiger partial charge in [0.1, 0.15) is 12.2 Å². The number of halogens is 1. The summed E-state index contributed by atoms with van der Waals surface area (Å²) in [5.74, 6) is 1.28. The summed E-state index contributed by atoms with van der Waals surface area (Å²) in [6, 6.07) is 0.487. The first kappa shape index (κ1) is 16.0. The van der Waals surface area contributed by atoms with Crippen LogP contribution in [0.2, 0.25) is 0 Å². The summed E-state index contributed by atoms with van der Waals surface area (Å²) < 4.78 is 7.31. The van der Waals surface area contributed by atoms with Gasteiger partial charge in [-0.15, -0.1) is 11.6 Å². The highest BCUT2D eigenvalue weighted by Crippen LogP contribution is 2.27. The molecule has 0 aromatic carbocycles. The van der Waals surface area contributed by atoms with Crippen molar-refractivity contribution in [3.8, 4) is 5.88 Å². The molecule has 0 aliphatic rings. The van der Waals surface area contributed by atoms with E-state index in [1.54, 1.807) is 7.11 Å². The van der Waals surface area contributed by atoms with Gasteiger partial charge in [-0.25, -0.2) is 9.97 Å². The van der Waals surface area contributed by atoms with Crippen LogP contribution in [0.3, 0.4) is 0 Å². The molecular weight excluding hydrogens is 290 g/mol. The molecule has 0 aliphatic heterocycles. The Morgan fingerprint density at radius 3 is 2.62 bits per heavy atom. The summed E-state index contributed by atoms with van der Waals surface area (Å²) in [6.45, 7) is 7.92. The average Bonchev–Trinajstić information content (AvgIpc) is 2.83. The zero-order chi connectivity index (χ0) is 15.6. The molecule has 0 radical (unpaired) electrons. The van der Waals surface area contributed by atoms with Gasteiger partial charge in [-0.3, -0.25) is 0 Å². The lowest BCUT2D eigenvalue weighted by Gasteiger charge is -2.21. The van der Waals surface area contributed by atoms with Crippen LogP contribution < -0.4 is 4.74 Å². The number of methoxy groups -OCH3 is 1. The van der Waals surface area contributed by atoms with Crippen molar-refractivity contribution in [1.29, 1.82) is 0 Å². The highest BCUT2D eigenvalue weighted by Gasteiger charge is 2.19. The quantitative estimate of drug-likeness (QED) is 0.767. The SMILES string of the molecule is COc1ncnc2c1nc(C(C)Cl)n2CCN(C)C(C)C. The van der Waals surface area contributed by atoms with E-state index in [2.05, 4.69) is 45.3 Å². The molecule has 0 aliphatic carbocycles. The molecule has 2 aromatic rings. The standard InChI is InChI=1S/C14H22ClN5O/c1-9(2)19(4)6-7-20-12(10(3)15)18-11-13(20)16-8-17-14(11)21-5/h8-10H,6-7H2,1-5H3. The molecule has 1 unspecified atom stereocenters. The predicted molar refractivity (Wildman–Crippen MR) is 83.9 cm³/mol. The van der Waals surface area contributed by atoms with Crippen LogP contribution in [0.25, 0.3) is 11.2 Å². The first-order valence-electron chi connectivity index (χ1n) is 7.05. The minimum Gasteiger partial charge on any atom is -0.479 e. The third-order valence-corrected chi connectivity index (χ3v) is 3.83. The highest BCUT2D eigenvalue weighted by molar-refractivity contribution is 6.20. The summed E-state index contributed by atoms with van der Waals surface area (Å²) >= 11 is 6.27. The third-order valence-electron chi connectivity index (χ3n) is 3.63. The maximum absolute atomic E-state index is 6.27. The number of hydrogen-bond donors (Lipinski definition) is 0. The first-order chi connectivity index (χ1) is 9.95. The van der Waals surface area contributed by atoms with Crippen molar-refractivity contribution in [2.45, 2.75) is 38.7 Å². The van der Waals surface area contributed by atoms with Crippen LogP contribution in [0.15, 0.2) is 6.33 Å². The Bertz CT molecular complexity index is 611. The summed E-state index contributed by atoms with van der Waals surface area (Å²) in [7, 11) is 3.68. The fraction of sp³-hybridized carbons (Fsp3) is 0.643. The van der Waals surface area contributed by atoms with Gasteiger partial charge in [-0.2, -0.15) is 4.98 Å². The average molecular weight is 312 g/mol. The van der Waals surface area contributed by atoms with Crippen LogP contribution in [0, 0.1) is 0 Å². The van der Waals surface area contributed by atoms with Gasteiger partial charge in [0.15, 0.2) is 11.2 Å². The number of imidazole rings is 1. The molecule has 1 atom stereocenters. The van der Waals surface area contributed by atoms with Crippen LogP contribution in [-0.4, -0.2) is 51.2 Å². The highest BCUT2D eigenvalue weighted by atomic mass is 35.5. The number of likely N-dealkylation sites (N-methyl/N-ethyl adjacent to an activating group) is 1. The molecule has 116 valence electrons. The Labute approximate surface area is 130 Å². The Kier molecular flexibility index (Phi) is 5.00. The van der Waals surface area contributed by atoms with Gasteiger partial charge in [0.25, 0.3) is 0 Å². The molecule has 0 saturated carbocycles. The van der Waals surface area contributed by atoms with Gasteiger partial charge in [-0.1, -0.05) is 0 Å². The lowest BCUT2D eigenvalue weighted by Crippen LogP contribution is -2.30. The maximum atomic E-state index is 6.27. The maximum Gasteiger partial charge on any atom is 0.245 e. The van der Waals surface area contributed by atoms with Gasteiger partial charge in [-0.05, 0) is 27.8 Å². The lowest BCUT2D eigenvalue weighted by molar-refractivity contribution is 0.263. The fourth-order valence-corrected chi connectivity index (χ4v) is 2.29. The first-order valence-corrected chi connectivity index (χ1v) is 7.48. The van der Waals surface area contributed by atoms with E-state index in [9.17, 15) is 0 Å². The number of alkyl halides is 1. The minimum absolute atomic E-state index is 0.201. The van der Waals surface area contributed by atoms with E-state index in [1.165, 1.54) is 6.33 Å². The molecule has 0 spiro atoms. The normalized spacial score (nSPS) is 13.3. The molecule has 0 fully saturated rings. The van der Waals surface area contributed by atoms with Crippen molar-refractivity contribution in [2.75, 3.05) is 20.7 Å². The van der Waals surface area contributed by atoms with E-state index in [0.29, 0.717) is 17.4 Å². The molecule has 7 heteroatoms. The predicted octanol–water partition coefficient (Wildman–Crippen LogP) is 2.47. The van der Waals surface area contributed by atoms with Gasteiger partial charge in [0, 0.05) is 19.1 Å². The number of aromatic nitrogens is 4. The van der Waals surface area contributed by atoms with Crippen molar-refractivity contribution >= 4 is 22.8 Å². The summed E-state index contributed by atoms with van der Waals surface area (Å²) in [4.78, 5) is 15.3. The molecular formula is C14H22ClN5O. The number of hydrogen-bond acceptors (Lipinski definition) is 5. The van der Waals surface area contributed by atoms with E-state index in [0.717, 1.165) is 24.6 Å². The molecule has 0 amide bonds. The Morgan fingerprint density at radius 2 is 2.05 bits per heavy atom. The molecule has 2 heterocycles. The number of ether oxygens (including phenoxy) is 1. The Balaban J connectivity index is 2.42. The number of rotatable bonds is 6. The van der Waals surface area contributed by atoms with E-state index in [-0.39, 0.29) is 5.38 Å². The van der Waals surface area contributed by atoms with Gasteiger partial charge in [0.2, 0.25) is 5.88 Å². The van der Waals surface area contributed by atoms with E-state index in [4.69, 9.17) is 16.3 Å². The van der Waals surface area contributed by atoms with Gasteiger partial charge < -0.3 is 14.2 Å². The van der Waals surface area contributed by atoms with Gasteiger partial charge >= 0.3 is 0 Å². The summed E-state index contributed by atoms with van der Waals surface area (Å²) in [6.07, 6.45) is 1.49. The van der Waals surface area contributed by atoms with Crippen LogP contribution in [-0.2, 0) is 6.54 Å². The van der Waals surface area contributed by atoms with Crippen molar-refractivity contribution in [2.24, 2.45) is 0 Å². The summed E-state index contributed by atoms with van der Waals surface area (Å²) in [5.41, 5.74) is 1.43. The number of nitrogens with zero attached hydrogens (tertiary/aromatic N) is 5. The zero-order valence-electron chi connectivity index (χ0n) is 13.2. The second kappa shape index (κ2) is 6.58. The molecule has 6 nitrogen and oxygen atoms in total. The molecule has 0 N–H and O–H groups in total. The topological polar surface area (TPSA) is 56.1 Å². The zero-order valence-corrected chi connectivity index (χ0v) is 13.9. The molecule has 0 saturated heterocycles. The lowest BCUT2D eigenvalue weighted by atomic mass is 10.3. The smallest absolute Gasteiger partial charge is 0.245 e. The van der Waals surface area contributed by atoms with E-state index in [1.807, 2.05) is 6.92 Å². The molecule has 2 rings (SSSR count). The Hall–Kier alpha value is -1.40. The fourth-order valence-electron chi connectivity index (χ4n) is 2.12. The van der Waals surface area contributed by atoms with Crippen LogP contribution in [0.1, 0.15) is 32.0 Å². The van der Waals surface area contributed by atoms with Gasteiger partial charge in [0.05, 0.1) is 12.5 Å². The van der Waals surface area contributed by atoms with Crippen LogP contribution in [0.4, 0.5) is 0 Å². The van der Waals surface area contributed by atoms with Crippen molar-refractivity contribution in [3.05, 3.63) is 12.2 Å². The second-order valence-electron chi connectivity index (χ2n) is 5.37. The van der Waals surface area contributed by atoms with Crippen molar-refractivity contribution in [1.82, 2.24) is 24.4 Å². The van der Waals surface area contributed by atoms with Crippen LogP contribution in [0.5, 0.6) is 5.88 Å². The van der Waals surface area contributed by atoms with E-state index >= 15 is 0 Å². The molecule has 0 bridgehead atoms. The monoisotopic (exact) mass is 311 g/mol. The third kappa shape index (κ3) is 3.27. The largest absolute Gasteiger partial charge is 0.479 e. The molecule has 2 aromatic heterocycles. The van der Waals surface area contributed by atoms with E-state index < -0.39 is 0 Å². The summed E-state index contributed by atoms with van der Waals surface area (Å²) in [5, 5.41) is -0.201. The number of fused-ring (bicyclic) bond motifs is 1. The molecule has 21 heavy (non-hydrogen) atoms. The Morgan fingerprint density at radius 1 is 1.33 bits per heavy atom. The van der Waals surface area contributed by atoms with Crippen molar-refractivity contribution < 1.29 is 4.74 Å². The van der Waals surface area contributed by atoms with Crippen molar-refractivity contribution in [3.63, 3.8) is 0 Å². The van der Waals surface area contributed by atoms with Crippen LogP contribution >= 0.6 is 11.6 Å². The second-order valence-corrected chi connectivity index (χ2v) is 6.02. The minimum atomic E-state index is -0.201.